The molecule has 0 radical (unpaired) electrons. The lowest BCUT2D eigenvalue weighted by atomic mass is 10.0. The molecule has 24 heavy (non-hydrogen) atoms. The smallest absolute Gasteiger partial charge is 0.282 e. The minimum absolute atomic E-state index is 0.100. The van der Waals surface area contributed by atoms with Crippen molar-refractivity contribution >= 4 is 43.0 Å². The Morgan fingerprint density at radius 3 is 2.21 bits per heavy atom. The first-order valence-electron chi connectivity index (χ1n) is 7.10. The van der Waals surface area contributed by atoms with Gasteiger partial charge in [0, 0.05) is 12.0 Å². The lowest BCUT2D eigenvalue weighted by molar-refractivity contribution is 0.483. The summed E-state index contributed by atoms with van der Waals surface area (Å²) in [5, 5.41) is 0. The van der Waals surface area contributed by atoms with E-state index in [1.165, 1.54) is 17.7 Å². The first-order chi connectivity index (χ1) is 11.3. The summed E-state index contributed by atoms with van der Waals surface area (Å²) in [6.45, 7) is 2.05. The fourth-order valence-corrected chi connectivity index (χ4v) is 5.74. The van der Waals surface area contributed by atoms with Gasteiger partial charge in [0.05, 0.1) is 9.77 Å². The Kier molecular flexibility index (Phi) is 4.98. The van der Waals surface area contributed by atoms with Crippen LogP contribution in [-0.2, 0) is 16.5 Å². The van der Waals surface area contributed by atoms with Crippen LogP contribution >= 0.6 is 32.9 Å². The van der Waals surface area contributed by atoms with Gasteiger partial charge in [-0.3, -0.25) is 4.55 Å². The first kappa shape index (κ1) is 17.4. The normalized spacial score (nSPS) is 11.6. The Morgan fingerprint density at radius 2 is 1.62 bits per heavy atom. The molecule has 0 bridgehead atoms. The van der Waals surface area contributed by atoms with E-state index in [0.717, 1.165) is 25.4 Å². The number of benzene rings is 2. The molecule has 0 fully saturated rings. The van der Waals surface area contributed by atoms with Crippen molar-refractivity contribution in [2.24, 2.45) is 0 Å². The average molecular weight is 395 g/mol. The number of rotatable bonds is 4. The topological polar surface area (TPSA) is 54.4 Å². The summed E-state index contributed by atoms with van der Waals surface area (Å²) in [4.78, 5) is 1.06. The molecular formula is C17H14O3S4. The van der Waals surface area contributed by atoms with Crippen LogP contribution in [0.2, 0.25) is 0 Å². The molecule has 1 N–H and O–H groups in total. The monoisotopic (exact) mass is 394 g/mol. The number of hydrogen-bond donors (Lipinski definition) is 1. The van der Waals surface area contributed by atoms with E-state index in [1.54, 1.807) is 32.8 Å². The molecule has 3 rings (SSSR count). The molecule has 1 heterocycles. The second kappa shape index (κ2) is 6.85. The van der Waals surface area contributed by atoms with Gasteiger partial charge in [0.2, 0.25) is 0 Å². The summed E-state index contributed by atoms with van der Waals surface area (Å²) >= 11 is 5.48. The zero-order chi connectivity index (χ0) is 17.3. The highest BCUT2D eigenvalue weighted by Crippen LogP contribution is 2.36. The van der Waals surface area contributed by atoms with Gasteiger partial charge in [-0.1, -0.05) is 74.9 Å². The molecule has 124 valence electrons. The van der Waals surface area contributed by atoms with Crippen molar-refractivity contribution in [3.05, 3.63) is 69.0 Å². The maximum atomic E-state index is 11.1. The van der Waals surface area contributed by atoms with Crippen molar-refractivity contribution < 1.29 is 13.0 Å². The van der Waals surface area contributed by atoms with Crippen LogP contribution in [0.5, 0.6) is 0 Å². The largest absolute Gasteiger partial charge is 0.294 e. The maximum absolute atomic E-state index is 11.1. The van der Waals surface area contributed by atoms with Gasteiger partial charge in [0.1, 0.15) is 3.82 Å². The quantitative estimate of drug-likeness (QED) is 0.368. The first-order valence-corrected chi connectivity index (χ1v) is 11.1. The van der Waals surface area contributed by atoms with Gasteiger partial charge in [-0.15, -0.1) is 0 Å². The van der Waals surface area contributed by atoms with Crippen LogP contribution in [0.3, 0.4) is 0 Å². The molecule has 0 spiro atoms. The molecule has 0 atom stereocenters. The lowest BCUT2D eigenvalue weighted by Crippen LogP contribution is -1.98. The van der Waals surface area contributed by atoms with Crippen LogP contribution in [0.25, 0.3) is 10.4 Å². The highest BCUT2D eigenvalue weighted by molar-refractivity contribution is 7.85. The van der Waals surface area contributed by atoms with Crippen LogP contribution < -0.4 is 0 Å². The van der Waals surface area contributed by atoms with Crippen LogP contribution in [-0.4, -0.2) is 13.0 Å². The highest BCUT2D eigenvalue weighted by atomic mass is 32.9. The summed E-state index contributed by atoms with van der Waals surface area (Å²) in [6, 6.07) is 14.6. The van der Waals surface area contributed by atoms with Crippen LogP contribution in [0.1, 0.15) is 16.7 Å². The standard InChI is InChI=1S/C17H14O3S4/c1-11-2-6-13(7-3-11)16-15(17(21)23-22-16)10-12-4-8-14(9-5-12)24(18,19)20/h2-9H,10H2,1H3,(H,18,19,20). The van der Waals surface area contributed by atoms with Gasteiger partial charge in [-0.2, -0.15) is 8.42 Å². The van der Waals surface area contributed by atoms with E-state index in [0.29, 0.717) is 6.42 Å². The van der Waals surface area contributed by atoms with Crippen molar-refractivity contribution in [1.29, 1.82) is 0 Å². The summed E-state index contributed by atoms with van der Waals surface area (Å²) in [5.74, 6) is 0. The van der Waals surface area contributed by atoms with Gasteiger partial charge < -0.3 is 0 Å². The Morgan fingerprint density at radius 1 is 1.00 bits per heavy atom. The molecule has 3 aromatic rings. The summed E-state index contributed by atoms with van der Waals surface area (Å²) < 4.78 is 32.2. The van der Waals surface area contributed by atoms with E-state index in [9.17, 15) is 8.42 Å². The molecule has 0 aliphatic heterocycles. The molecule has 0 saturated carbocycles. The van der Waals surface area contributed by atoms with Gasteiger partial charge in [-0.25, -0.2) is 0 Å². The molecule has 0 saturated heterocycles. The predicted octanol–water partition coefficient (Wildman–Crippen LogP) is 5.35. The van der Waals surface area contributed by atoms with Crippen LogP contribution in [0.15, 0.2) is 53.4 Å². The molecule has 0 aliphatic rings. The summed E-state index contributed by atoms with van der Waals surface area (Å²) in [5.41, 5.74) is 4.39. The third-order valence-corrected chi connectivity index (χ3v) is 7.70. The fraction of sp³-hybridized carbons (Fsp3) is 0.118. The van der Waals surface area contributed by atoms with E-state index >= 15 is 0 Å². The highest BCUT2D eigenvalue weighted by Gasteiger charge is 2.13. The Labute approximate surface area is 153 Å². The fourth-order valence-electron chi connectivity index (χ4n) is 2.34. The maximum Gasteiger partial charge on any atom is 0.294 e. The second-order valence-corrected chi connectivity index (χ2v) is 9.66. The molecule has 0 unspecified atom stereocenters. The predicted molar refractivity (Wildman–Crippen MR) is 102 cm³/mol. The molecule has 2 aromatic carbocycles. The van der Waals surface area contributed by atoms with E-state index in [1.807, 2.05) is 0 Å². The van der Waals surface area contributed by atoms with E-state index < -0.39 is 10.1 Å². The third kappa shape index (κ3) is 3.81. The van der Waals surface area contributed by atoms with E-state index in [-0.39, 0.29) is 4.90 Å². The van der Waals surface area contributed by atoms with E-state index in [4.69, 9.17) is 16.8 Å². The molecule has 0 amide bonds. The van der Waals surface area contributed by atoms with Crippen molar-refractivity contribution in [3.63, 3.8) is 0 Å². The average Bonchev–Trinajstić information content (AvgIpc) is 2.89. The van der Waals surface area contributed by atoms with Gasteiger partial charge in [0.25, 0.3) is 10.1 Å². The van der Waals surface area contributed by atoms with E-state index in [2.05, 4.69) is 31.2 Å². The van der Waals surface area contributed by atoms with Crippen molar-refractivity contribution in [2.45, 2.75) is 18.2 Å². The number of aryl methyl sites for hydroxylation is 1. The lowest BCUT2D eigenvalue weighted by Gasteiger charge is -2.05. The van der Waals surface area contributed by atoms with Crippen molar-refractivity contribution in [3.8, 4) is 10.4 Å². The molecule has 3 nitrogen and oxygen atoms in total. The minimum Gasteiger partial charge on any atom is -0.282 e. The number of hydrogen-bond acceptors (Lipinski definition) is 5. The van der Waals surface area contributed by atoms with Gasteiger partial charge in [-0.05, 0) is 30.2 Å². The second-order valence-electron chi connectivity index (χ2n) is 5.42. The third-order valence-electron chi connectivity index (χ3n) is 3.64. The Hall–Kier alpha value is -1.38. The summed E-state index contributed by atoms with van der Waals surface area (Å²) in [6.07, 6.45) is 0.633. The molecular weight excluding hydrogens is 380 g/mol. The van der Waals surface area contributed by atoms with Gasteiger partial charge >= 0.3 is 0 Å². The molecule has 0 aliphatic carbocycles. The molecule has 1 aromatic heterocycles. The van der Waals surface area contributed by atoms with Crippen LogP contribution in [0.4, 0.5) is 0 Å². The Bertz CT molecular complexity index is 1010. The zero-order valence-corrected chi connectivity index (χ0v) is 16.0. The molecule has 7 heteroatoms. The summed E-state index contributed by atoms with van der Waals surface area (Å²) in [7, 11) is -0.921. The zero-order valence-electron chi connectivity index (χ0n) is 12.7. The Balaban J connectivity index is 1.95. The minimum atomic E-state index is -4.16. The SMILES string of the molecule is Cc1ccc(-c2ssc(=S)c2Cc2ccc(S(=O)(=O)O)cc2)cc1. The van der Waals surface area contributed by atoms with Crippen molar-refractivity contribution in [1.82, 2.24) is 0 Å². The van der Waals surface area contributed by atoms with Gasteiger partial charge in [0.15, 0.2) is 0 Å². The van der Waals surface area contributed by atoms with Crippen molar-refractivity contribution in [2.75, 3.05) is 0 Å². The van der Waals surface area contributed by atoms with Crippen LogP contribution in [0, 0.1) is 10.7 Å².